The minimum atomic E-state index is -0.556. The van der Waals surface area contributed by atoms with Crippen LogP contribution in [0.1, 0.15) is 80.8 Å². The summed E-state index contributed by atoms with van der Waals surface area (Å²) < 4.78 is 0. The summed E-state index contributed by atoms with van der Waals surface area (Å²) in [4.78, 5) is 3.57. The van der Waals surface area contributed by atoms with Gasteiger partial charge in [0.15, 0.2) is 0 Å². The summed E-state index contributed by atoms with van der Waals surface area (Å²) in [5.74, 6) is 4.17. The van der Waals surface area contributed by atoms with Gasteiger partial charge < -0.3 is 17.7 Å². The summed E-state index contributed by atoms with van der Waals surface area (Å²) in [6, 6.07) is 23.3. The first kappa shape index (κ1) is 36.0. The average Bonchev–Trinajstić information content (AvgIpc) is 3.55. The summed E-state index contributed by atoms with van der Waals surface area (Å²) in [5, 5.41) is 11.2. The molecular weight excluding hydrogens is 623 g/mol. The van der Waals surface area contributed by atoms with Crippen molar-refractivity contribution in [2.24, 2.45) is 23.7 Å². The molecule has 1 aliphatic carbocycles. The van der Waals surface area contributed by atoms with Gasteiger partial charge in [0.05, 0.1) is 0 Å². The molecule has 1 fully saturated rings. The maximum atomic E-state index is 10.4. The Bertz CT molecular complexity index is 1430. The van der Waals surface area contributed by atoms with E-state index in [0.717, 1.165) is 46.7 Å². The molecule has 0 saturated heterocycles. The number of anilines is 1. The van der Waals surface area contributed by atoms with Crippen LogP contribution in [-0.2, 0) is 23.6 Å². The van der Waals surface area contributed by atoms with Crippen molar-refractivity contribution >= 4 is 47.5 Å². The third kappa shape index (κ3) is 7.34. The van der Waals surface area contributed by atoms with Crippen LogP contribution in [0.4, 0.5) is 5.69 Å². The number of rotatable bonds is 3. The molecule has 2 heterocycles. The van der Waals surface area contributed by atoms with Crippen LogP contribution < -0.4 is 4.90 Å². The molecule has 3 aromatic rings. The fourth-order valence-electron chi connectivity index (χ4n) is 7.14. The van der Waals surface area contributed by atoms with Crippen molar-refractivity contribution < 1.29 is 17.0 Å². The summed E-state index contributed by atoms with van der Waals surface area (Å²) in [5.41, 5.74) is 10.3. The molecule has 0 N–H and O–H groups in total. The normalized spacial score (nSPS) is 23.6. The number of fused-ring (bicyclic) bond motifs is 2. The number of hydrogen-bond acceptors (Lipinski definition) is 1. The van der Waals surface area contributed by atoms with Gasteiger partial charge in [0, 0.05) is 11.2 Å². The number of para-hydroxylation sites is 1. The van der Waals surface area contributed by atoms with Crippen molar-refractivity contribution in [1.82, 2.24) is 0 Å². The summed E-state index contributed by atoms with van der Waals surface area (Å²) in [6.45, 7) is 19.3. The second kappa shape index (κ2) is 15.7. The molecule has 2 nitrogen and oxygen atoms in total. The molecule has 2 aliphatic heterocycles. The number of amidine groups is 1. The van der Waals surface area contributed by atoms with Crippen LogP contribution in [0.15, 0.2) is 71.6 Å². The number of hydrogen-bond donors (Lipinski definition) is 0. The number of aryl methyl sites for hydroxylation is 2. The Morgan fingerprint density at radius 1 is 0.814 bits per heavy atom. The Hall–Kier alpha value is -1.49. The molecule has 1 saturated carbocycles. The van der Waals surface area contributed by atoms with Crippen LogP contribution >= 0.6 is 30.4 Å². The monoisotopic (exact) mass is 668 g/mol. The summed E-state index contributed by atoms with van der Waals surface area (Å²) >= 11 is 1.60. The third-order valence-corrected chi connectivity index (χ3v) is 11.1. The Labute approximate surface area is 282 Å². The molecule has 0 bridgehead atoms. The standard InChI is InChI=1S/C20H28S.C16H15N2.CH3.2ClH.Ti/c1-11(2)16-9-7-8-10-17(16)19-15(6)21-20-14(5)12(3)13(4)18(19)20;1-11-6-5-7-12(2)15(11)18-10-13-8-3-4-9-14(13)16(18)17;;;;/h7-14,18,20H,1-6H3;3-9H,10H2,1-2H3;1H3;2*1H;/q;2*-1;;;+2/p-2. The number of thioether (sulfide) groups is 1. The number of nitrogens with zero attached hydrogens (tertiary/aromatic N) is 2. The molecule has 3 aromatic carbocycles. The second-order valence-corrected chi connectivity index (χ2v) is 16.2. The predicted octanol–water partition coefficient (Wildman–Crippen LogP) is 11.7. The third-order valence-electron chi connectivity index (χ3n) is 9.55. The van der Waals surface area contributed by atoms with Gasteiger partial charge in [-0.15, -0.1) is 11.8 Å². The molecule has 5 atom stereocenters. The van der Waals surface area contributed by atoms with E-state index in [9.17, 15) is 5.41 Å². The van der Waals surface area contributed by atoms with Crippen molar-refractivity contribution in [2.75, 3.05) is 4.90 Å². The molecule has 6 rings (SSSR count). The van der Waals surface area contributed by atoms with E-state index in [1.807, 2.05) is 23.1 Å². The molecule has 5 unspecified atom stereocenters. The molecule has 230 valence electrons. The molecule has 6 heteroatoms. The Kier molecular flexibility index (Phi) is 13.1. The summed E-state index contributed by atoms with van der Waals surface area (Å²) in [6.07, 6.45) is 0. The predicted molar refractivity (Wildman–Crippen MR) is 190 cm³/mol. The van der Waals surface area contributed by atoms with Crippen LogP contribution in [0.2, 0.25) is 0 Å². The van der Waals surface area contributed by atoms with Crippen molar-refractivity contribution in [3.05, 3.63) is 118 Å². The van der Waals surface area contributed by atoms with Crippen LogP contribution in [0.3, 0.4) is 0 Å². The quantitative estimate of drug-likeness (QED) is 0.205. The van der Waals surface area contributed by atoms with E-state index in [1.165, 1.54) is 27.8 Å². The molecule has 0 radical (unpaired) electrons. The van der Waals surface area contributed by atoms with Gasteiger partial charge in [-0.25, -0.2) is 0 Å². The Balaban J connectivity index is 0.000000213. The van der Waals surface area contributed by atoms with Crippen LogP contribution in [0.25, 0.3) is 11.0 Å². The zero-order chi connectivity index (χ0) is 30.7. The zero-order valence-corrected chi connectivity index (χ0v) is 31.0. The molecular formula is C37H46Cl2N2STi-2. The Morgan fingerprint density at radius 3 is 1.95 bits per heavy atom. The van der Waals surface area contributed by atoms with E-state index in [1.54, 1.807) is 10.5 Å². The van der Waals surface area contributed by atoms with E-state index in [4.69, 9.17) is 18.6 Å². The topological polar surface area (TPSA) is 25.5 Å². The van der Waals surface area contributed by atoms with Gasteiger partial charge in [0.2, 0.25) is 0 Å². The molecule has 0 spiro atoms. The first-order valence-electron chi connectivity index (χ1n) is 14.9. The maximum absolute atomic E-state index is 10.4. The summed E-state index contributed by atoms with van der Waals surface area (Å²) in [7, 11) is 9.78. The minimum absolute atomic E-state index is 0. The van der Waals surface area contributed by atoms with Gasteiger partial charge in [-0.05, 0) is 101 Å². The fourth-order valence-corrected chi connectivity index (χ4v) is 8.91. The van der Waals surface area contributed by atoms with Crippen molar-refractivity contribution in [1.29, 1.82) is 0 Å². The number of benzene rings is 3. The van der Waals surface area contributed by atoms with Crippen molar-refractivity contribution in [3.63, 3.8) is 0 Å². The first-order valence-corrected chi connectivity index (χ1v) is 20.1. The van der Waals surface area contributed by atoms with Gasteiger partial charge in [-0.2, -0.15) is 0 Å². The van der Waals surface area contributed by atoms with Gasteiger partial charge >= 0.3 is 35.6 Å². The zero-order valence-electron chi connectivity index (χ0n) is 27.1. The van der Waals surface area contributed by atoms with E-state index in [0.29, 0.717) is 11.8 Å². The number of halogens is 2. The first-order chi connectivity index (χ1) is 20.0. The number of allylic oxidation sites excluding steroid dienone is 2. The van der Waals surface area contributed by atoms with E-state index in [-0.39, 0.29) is 7.43 Å². The SMILES string of the molecule is CC1=C(c2ccccc2C(C)C)C2C(C)C(C)C(C)C2S1.Cc1cccc(C)c1N1Cc2ccccc2C1=[N-].[CH3-].[Cl][Ti][Cl]. The van der Waals surface area contributed by atoms with Crippen LogP contribution in [-0.4, -0.2) is 11.1 Å². The molecule has 3 aliphatic rings. The van der Waals surface area contributed by atoms with E-state index < -0.39 is 17.0 Å². The fraction of sp³-hybridized carbons (Fsp3) is 0.405. The van der Waals surface area contributed by atoms with Crippen LogP contribution in [0, 0.1) is 44.9 Å². The van der Waals surface area contributed by atoms with Gasteiger partial charge in [-0.3, -0.25) is 0 Å². The van der Waals surface area contributed by atoms with Crippen LogP contribution in [0.5, 0.6) is 0 Å². The molecule has 0 aromatic heterocycles. The molecule has 43 heavy (non-hydrogen) atoms. The Morgan fingerprint density at radius 2 is 1.37 bits per heavy atom. The van der Waals surface area contributed by atoms with E-state index >= 15 is 0 Å². The molecule has 0 amide bonds. The average molecular weight is 670 g/mol. The van der Waals surface area contributed by atoms with Gasteiger partial charge in [-0.1, -0.05) is 107 Å². The van der Waals surface area contributed by atoms with Crippen molar-refractivity contribution in [2.45, 2.75) is 73.1 Å². The second-order valence-electron chi connectivity index (χ2n) is 12.3. The van der Waals surface area contributed by atoms with Gasteiger partial charge in [0.25, 0.3) is 0 Å². The van der Waals surface area contributed by atoms with E-state index in [2.05, 4.69) is 116 Å². The van der Waals surface area contributed by atoms with Gasteiger partial charge in [0.1, 0.15) is 0 Å². The van der Waals surface area contributed by atoms with Crippen molar-refractivity contribution in [3.8, 4) is 0 Å².